The molecule has 1 aliphatic rings. The lowest BCUT2D eigenvalue weighted by atomic mass is 9.82. The van der Waals surface area contributed by atoms with Gasteiger partial charge in [-0.25, -0.2) is 4.98 Å². The molecule has 10 rings (SSSR count). The van der Waals surface area contributed by atoms with Crippen LogP contribution in [0.15, 0.2) is 186 Å². The van der Waals surface area contributed by atoms with Crippen LogP contribution in [0.25, 0.3) is 66.7 Å². The Labute approximate surface area is 309 Å². The monoisotopic (exact) mass is 680 g/mol. The maximum Gasteiger partial charge on any atom is 0.227 e. The highest BCUT2D eigenvalue weighted by Crippen LogP contribution is 2.51. The molecular weight excluding hydrogens is 645 g/mol. The topological polar surface area (TPSA) is 29.3 Å². The lowest BCUT2D eigenvalue weighted by Crippen LogP contribution is -2.16. The number of oxazole rings is 1. The van der Waals surface area contributed by atoms with Gasteiger partial charge in [0.25, 0.3) is 0 Å². The fraction of sp³-hybridized carbons (Fsp3) is 0.0600. The fourth-order valence-electron chi connectivity index (χ4n) is 8.19. The van der Waals surface area contributed by atoms with Gasteiger partial charge in [0.1, 0.15) is 5.52 Å². The molecule has 0 saturated heterocycles. The van der Waals surface area contributed by atoms with Crippen molar-refractivity contribution in [3.63, 3.8) is 0 Å². The predicted molar refractivity (Wildman–Crippen MR) is 220 cm³/mol. The number of benzene rings is 8. The zero-order chi connectivity index (χ0) is 35.5. The molecule has 1 heterocycles. The van der Waals surface area contributed by atoms with E-state index in [1.807, 2.05) is 36.4 Å². The molecule has 0 atom stereocenters. The van der Waals surface area contributed by atoms with Gasteiger partial charge in [-0.15, -0.1) is 0 Å². The molecule has 0 amide bonds. The molecule has 9 aromatic rings. The van der Waals surface area contributed by atoms with Gasteiger partial charge in [0.2, 0.25) is 5.89 Å². The predicted octanol–water partition coefficient (Wildman–Crippen LogP) is 13.8. The van der Waals surface area contributed by atoms with Crippen molar-refractivity contribution in [2.45, 2.75) is 19.3 Å². The normalized spacial score (nSPS) is 12.9. The molecule has 53 heavy (non-hydrogen) atoms. The molecule has 0 aliphatic heterocycles. The first kappa shape index (κ1) is 31.1. The molecule has 0 saturated carbocycles. The van der Waals surface area contributed by atoms with Crippen LogP contribution < -0.4 is 4.90 Å². The summed E-state index contributed by atoms with van der Waals surface area (Å²) in [5, 5.41) is 2.21. The number of aromatic nitrogens is 1. The van der Waals surface area contributed by atoms with Crippen LogP contribution in [0.2, 0.25) is 0 Å². The van der Waals surface area contributed by atoms with Crippen molar-refractivity contribution in [3.05, 3.63) is 193 Å². The van der Waals surface area contributed by atoms with Crippen LogP contribution in [-0.4, -0.2) is 4.98 Å². The third-order valence-corrected chi connectivity index (χ3v) is 10.9. The van der Waals surface area contributed by atoms with Gasteiger partial charge < -0.3 is 9.32 Å². The van der Waals surface area contributed by atoms with Crippen molar-refractivity contribution >= 4 is 38.9 Å². The molecule has 0 spiro atoms. The summed E-state index contributed by atoms with van der Waals surface area (Å²) in [5.74, 6) is 0.637. The van der Waals surface area contributed by atoms with Gasteiger partial charge in [-0.2, -0.15) is 0 Å². The van der Waals surface area contributed by atoms with Crippen LogP contribution in [0, 0.1) is 0 Å². The summed E-state index contributed by atoms with van der Waals surface area (Å²) in [4.78, 5) is 7.37. The average Bonchev–Trinajstić information content (AvgIpc) is 3.76. The Bertz CT molecular complexity index is 2800. The molecule has 0 unspecified atom stereocenters. The minimum Gasteiger partial charge on any atom is -0.436 e. The maximum absolute atomic E-state index is 6.22. The minimum atomic E-state index is -0.108. The van der Waals surface area contributed by atoms with Crippen LogP contribution in [0.4, 0.5) is 17.1 Å². The van der Waals surface area contributed by atoms with Crippen molar-refractivity contribution in [2.24, 2.45) is 0 Å². The van der Waals surface area contributed by atoms with Crippen LogP contribution in [0.3, 0.4) is 0 Å². The third-order valence-electron chi connectivity index (χ3n) is 10.9. The molecule has 3 heteroatoms. The van der Waals surface area contributed by atoms with Crippen LogP contribution in [0.5, 0.6) is 0 Å². The molecule has 0 fully saturated rings. The van der Waals surface area contributed by atoms with E-state index in [0.29, 0.717) is 5.89 Å². The lowest BCUT2D eigenvalue weighted by Gasteiger charge is -2.30. The molecule has 0 radical (unpaired) electrons. The second kappa shape index (κ2) is 12.2. The van der Waals surface area contributed by atoms with E-state index in [1.165, 1.54) is 33.4 Å². The van der Waals surface area contributed by atoms with Crippen LogP contribution in [-0.2, 0) is 5.41 Å². The zero-order valence-corrected chi connectivity index (χ0v) is 29.6. The third kappa shape index (κ3) is 5.16. The summed E-state index contributed by atoms with van der Waals surface area (Å²) in [6, 6.07) is 65.1. The maximum atomic E-state index is 6.22. The van der Waals surface area contributed by atoms with Gasteiger partial charge in [0.05, 0.1) is 5.69 Å². The second-order valence-electron chi connectivity index (χ2n) is 14.4. The summed E-state index contributed by atoms with van der Waals surface area (Å²) in [5.41, 5.74) is 15.9. The first-order valence-electron chi connectivity index (χ1n) is 18.2. The number of para-hydroxylation sites is 1. The van der Waals surface area contributed by atoms with E-state index >= 15 is 0 Å². The molecule has 0 bridgehead atoms. The highest BCUT2D eigenvalue weighted by Gasteiger charge is 2.35. The number of hydrogen-bond donors (Lipinski definition) is 0. The van der Waals surface area contributed by atoms with E-state index in [-0.39, 0.29) is 5.41 Å². The van der Waals surface area contributed by atoms with Gasteiger partial charge in [0, 0.05) is 33.3 Å². The first-order chi connectivity index (χ1) is 26.0. The SMILES string of the molecule is CC1(C)c2ccccc2-c2ccc(N(c3ccc(-c4ccc5ccc6oc(-c7ccccc7)nc6c5c4)cc3)c3ccccc3-c3ccccc3)cc21. The molecule has 8 aromatic carbocycles. The van der Waals surface area contributed by atoms with E-state index in [0.717, 1.165) is 55.6 Å². The van der Waals surface area contributed by atoms with Crippen LogP contribution in [0.1, 0.15) is 25.0 Å². The van der Waals surface area contributed by atoms with E-state index in [9.17, 15) is 0 Å². The summed E-state index contributed by atoms with van der Waals surface area (Å²) in [6.07, 6.45) is 0. The molecule has 0 N–H and O–H groups in total. The van der Waals surface area contributed by atoms with E-state index < -0.39 is 0 Å². The highest BCUT2D eigenvalue weighted by atomic mass is 16.3. The Morgan fingerprint density at radius 2 is 1.09 bits per heavy atom. The number of hydrogen-bond acceptors (Lipinski definition) is 3. The van der Waals surface area contributed by atoms with Gasteiger partial charge in [-0.1, -0.05) is 141 Å². The van der Waals surface area contributed by atoms with E-state index in [4.69, 9.17) is 9.40 Å². The fourth-order valence-corrected chi connectivity index (χ4v) is 8.19. The summed E-state index contributed by atoms with van der Waals surface area (Å²) < 4.78 is 6.22. The number of rotatable bonds is 6. The smallest absolute Gasteiger partial charge is 0.227 e. The second-order valence-corrected chi connectivity index (χ2v) is 14.4. The van der Waals surface area contributed by atoms with Crippen LogP contribution >= 0.6 is 0 Å². The number of anilines is 3. The number of nitrogens with zero attached hydrogens (tertiary/aromatic N) is 2. The molecule has 1 aromatic heterocycles. The van der Waals surface area contributed by atoms with E-state index in [1.54, 1.807) is 0 Å². The van der Waals surface area contributed by atoms with Gasteiger partial charge in [-0.3, -0.25) is 0 Å². The Morgan fingerprint density at radius 1 is 0.472 bits per heavy atom. The van der Waals surface area contributed by atoms with Crippen molar-refractivity contribution in [2.75, 3.05) is 4.90 Å². The molecule has 252 valence electrons. The van der Waals surface area contributed by atoms with Crippen molar-refractivity contribution < 1.29 is 4.42 Å². The first-order valence-corrected chi connectivity index (χ1v) is 18.2. The Morgan fingerprint density at radius 3 is 1.89 bits per heavy atom. The lowest BCUT2D eigenvalue weighted by molar-refractivity contribution is 0.620. The quantitative estimate of drug-likeness (QED) is 0.175. The molecule has 1 aliphatic carbocycles. The minimum absolute atomic E-state index is 0.108. The summed E-state index contributed by atoms with van der Waals surface area (Å²) >= 11 is 0. The Kier molecular flexibility index (Phi) is 7.16. The van der Waals surface area contributed by atoms with E-state index in [2.05, 4.69) is 164 Å². The average molecular weight is 681 g/mol. The largest absolute Gasteiger partial charge is 0.436 e. The summed E-state index contributed by atoms with van der Waals surface area (Å²) in [7, 11) is 0. The highest BCUT2D eigenvalue weighted by molar-refractivity contribution is 6.05. The Balaban J connectivity index is 1.09. The standard InChI is InChI=1S/C50H36N2O/c1-50(2)44-19-11-9-18-41(44)42-29-28-39(32-45(42)50)52(46-20-12-10-17-40(46)34-13-5-3-6-14-34)38-26-23-33(24-27-38)37-22-21-35-25-30-47-48(43(35)31-37)51-49(53-47)36-15-7-4-8-16-36/h3-32H,1-2H3. The van der Waals surface area contributed by atoms with Gasteiger partial charge in [0.15, 0.2) is 5.58 Å². The molecular formula is C50H36N2O. The van der Waals surface area contributed by atoms with Crippen molar-refractivity contribution in [3.8, 4) is 44.8 Å². The molecule has 3 nitrogen and oxygen atoms in total. The van der Waals surface area contributed by atoms with Crippen molar-refractivity contribution in [1.82, 2.24) is 4.98 Å². The number of fused-ring (bicyclic) bond motifs is 6. The zero-order valence-electron chi connectivity index (χ0n) is 29.6. The van der Waals surface area contributed by atoms with Crippen molar-refractivity contribution in [1.29, 1.82) is 0 Å². The van der Waals surface area contributed by atoms with Gasteiger partial charge in [-0.05, 0) is 98.9 Å². The van der Waals surface area contributed by atoms with Gasteiger partial charge >= 0.3 is 0 Å². The summed E-state index contributed by atoms with van der Waals surface area (Å²) in [6.45, 7) is 4.69. The Hall–Kier alpha value is -6.71.